The van der Waals surface area contributed by atoms with Crippen LogP contribution in [0.4, 0.5) is 18.9 Å². The topological polar surface area (TPSA) is 29.5 Å². The SMILES string of the molecule is O=C1CC2CCC(C1)N2c1ccc(OC(F)(F)F)cc1. The van der Waals surface area contributed by atoms with Gasteiger partial charge in [-0.05, 0) is 37.1 Å². The van der Waals surface area contributed by atoms with Crippen molar-refractivity contribution in [2.75, 3.05) is 4.90 Å². The molecule has 2 saturated heterocycles. The van der Waals surface area contributed by atoms with Gasteiger partial charge < -0.3 is 9.64 Å². The number of halogens is 3. The lowest BCUT2D eigenvalue weighted by Gasteiger charge is -2.36. The van der Waals surface area contributed by atoms with Crippen molar-refractivity contribution in [3.63, 3.8) is 0 Å². The van der Waals surface area contributed by atoms with E-state index in [0.717, 1.165) is 18.5 Å². The third kappa shape index (κ3) is 2.59. The summed E-state index contributed by atoms with van der Waals surface area (Å²) in [5, 5.41) is 0. The van der Waals surface area contributed by atoms with Crippen LogP contribution in [-0.2, 0) is 4.79 Å². The van der Waals surface area contributed by atoms with Crippen LogP contribution >= 0.6 is 0 Å². The molecule has 6 heteroatoms. The zero-order chi connectivity index (χ0) is 14.3. The molecule has 1 aromatic carbocycles. The van der Waals surface area contributed by atoms with Gasteiger partial charge >= 0.3 is 6.36 Å². The highest BCUT2D eigenvalue weighted by Gasteiger charge is 2.40. The minimum Gasteiger partial charge on any atom is -0.406 e. The lowest BCUT2D eigenvalue weighted by Crippen LogP contribution is -2.43. The molecular weight excluding hydrogens is 271 g/mol. The molecule has 0 amide bonds. The van der Waals surface area contributed by atoms with Gasteiger partial charge in [0.15, 0.2) is 0 Å². The molecule has 1 aromatic rings. The van der Waals surface area contributed by atoms with Crippen LogP contribution in [0, 0.1) is 0 Å². The fourth-order valence-corrected chi connectivity index (χ4v) is 3.21. The summed E-state index contributed by atoms with van der Waals surface area (Å²) in [4.78, 5) is 13.7. The molecule has 3 rings (SSSR count). The zero-order valence-electron chi connectivity index (χ0n) is 10.7. The Hall–Kier alpha value is -1.72. The number of anilines is 1. The second-order valence-corrected chi connectivity index (χ2v) is 5.28. The molecule has 2 aliphatic rings. The van der Waals surface area contributed by atoms with E-state index in [1.807, 2.05) is 0 Å². The van der Waals surface area contributed by atoms with Crippen LogP contribution < -0.4 is 9.64 Å². The number of hydrogen-bond donors (Lipinski definition) is 0. The van der Waals surface area contributed by atoms with E-state index in [-0.39, 0.29) is 23.6 Å². The number of piperidine rings is 1. The molecule has 3 nitrogen and oxygen atoms in total. The van der Waals surface area contributed by atoms with Crippen molar-refractivity contribution in [1.82, 2.24) is 0 Å². The van der Waals surface area contributed by atoms with Gasteiger partial charge in [0.1, 0.15) is 11.5 Å². The van der Waals surface area contributed by atoms with E-state index in [0.29, 0.717) is 12.8 Å². The molecule has 108 valence electrons. The molecule has 2 aliphatic heterocycles. The van der Waals surface area contributed by atoms with E-state index < -0.39 is 6.36 Å². The first-order valence-corrected chi connectivity index (χ1v) is 6.58. The van der Waals surface area contributed by atoms with Gasteiger partial charge in [0.2, 0.25) is 0 Å². The molecule has 2 bridgehead atoms. The van der Waals surface area contributed by atoms with Crippen LogP contribution in [0.3, 0.4) is 0 Å². The van der Waals surface area contributed by atoms with Crippen molar-refractivity contribution in [2.24, 2.45) is 0 Å². The summed E-state index contributed by atoms with van der Waals surface area (Å²) in [6.07, 6.45) is -1.65. The molecule has 0 aliphatic carbocycles. The smallest absolute Gasteiger partial charge is 0.406 e. The molecule has 20 heavy (non-hydrogen) atoms. The number of ketones is 1. The molecule has 0 saturated carbocycles. The molecule has 0 aromatic heterocycles. The van der Waals surface area contributed by atoms with Gasteiger partial charge in [-0.3, -0.25) is 4.79 Å². The minimum atomic E-state index is -4.67. The quantitative estimate of drug-likeness (QED) is 0.835. The van der Waals surface area contributed by atoms with Gasteiger partial charge in [-0.1, -0.05) is 0 Å². The Kier molecular flexibility index (Phi) is 3.11. The summed E-state index contributed by atoms with van der Waals surface area (Å²) in [7, 11) is 0. The second kappa shape index (κ2) is 4.68. The van der Waals surface area contributed by atoms with Crippen LogP contribution in [0.25, 0.3) is 0 Å². The van der Waals surface area contributed by atoms with E-state index in [1.165, 1.54) is 12.1 Å². The molecule has 0 radical (unpaired) electrons. The summed E-state index contributed by atoms with van der Waals surface area (Å²) in [6, 6.07) is 6.27. The van der Waals surface area contributed by atoms with Crippen molar-refractivity contribution in [2.45, 2.75) is 44.1 Å². The first-order chi connectivity index (χ1) is 9.42. The van der Waals surface area contributed by atoms with E-state index in [2.05, 4.69) is 9.64 Å². The Morgan fingerprint density at radius 2 is 1.60 bits per heavy atom. The average Bonchev–Trinajstić information content (AvgIpc) is 2.61. The van der Waals surface area contributed by atoms with Gasteiger partial charge in [0.05, 0.1) is 0 Å². The standard InChI is InChI=1S/C14H14F3NO2/c15-14(16,17)20-13-5-3-9(4-6-13)18-10-1-2-11(18)8-12(19)7-10/h3-6,10-11H,1-2,7-8H2. The Morgan fingerprint density at radius 1 is 1.05 bits per heavy atom. The maximum Gasteiger partial charge on any atom is 0.573 e. The van der Waals surface area contributed by atoms with Crippen molar-refractivity contribution in [3.05, 3.63) is 24.3 Å². The maximum atomic E-state index is 12.1. The number of benzene rings is 1. The molecule has 2 atom stereocenters. The van der Waals surface area contributed by atoms with Crippen molar-refractivity contribution in [3.8, 4) is 5.75 Å². The highest BCUT2D eigenvalue weighted by Crippen LogP contribution is 2.38. The van der Waals surface area contributed by atoms with Gasteiger partial charge in [-0.25, -0.2) is 0 Å². The van der Waals surface area contributed by atoms with Crippen molar-refractivity contribution < 1.29 is 22.7 Å². The number of carbonyl (C=O) groups is 1. The summed E-state index contributed by atoms with van der Waals surface area (Å²) in [5.41, 5.74) is 0.861. The Morgan fingerprint density at radius 3 is 2.10 bits per heavy atom. The van der Waals surface area contributed by atoms with Gasteiger partial charge in [0.25, 0.3) is 0 Å². The Labute approximate surface area is 114 Å². The fourth-order valence-electron chi connectivity index (χ4n) is 3.21. The largest absolute Gasteiger partial charge is 0.573 e. The lowest BCUT2D eigenvalue weighted by atomic mass is 10.0. The van der Waals surface area contributed by atoms with E-state index in [9.17, 15) is 18.0 Å². The summed E-state index contributed by atoms with van der Waals surface area (Å²) in [5.74, 6) is 0.0625. The third-order valence-electron chi connectivity index (χ3n) is 3.91. The maximum absolute atomic E-state index is 12.1. The predicted molar refractivity (Wildman–Crippen MR) is 66.7 cm³/mol. The normalized spacial score (nSPS) is 25.9. The van der Waals surface area contributed by atoms with Gasteiger partial charge in [-0.15, -0.1) is 13.2 Å². The monoisotopic (exact) mass is 285 g/mol. The van der Waals surface area contributed by atoms with Crippen molar-refractivity contribution in [1.29, 1.82) is 0 Å². The van der Waals surface area contributed by atoms with E-state index in [1.54, 1.807) is 12.1 Å². The average molecular weight is 285 g/mol. The van der Waals surface area contributed by atoms with Crippen LogP contribution in [0.2, 0.25) is 0 Å². The number of fused-ring (bicyclic) bond motifs is 2. The molecule has 0 N–H and O–H groups in total. The molecule has 2 heterocycles. The molecular formula is C14H14F3NO2. The van der Waals surface area contributed by atoms with Crippen LogP contribution in [0.1, 0.15) is 25.7 Å². The third-order valence-corrected chi connectivity index (χ3v) is 3.91. The number of ether oxygens (including phenoxy) is 1. The summed E-state index contributed by atoms with van der Waals surface area (Å²) < 4.78 is 40.2. The number of Topliss-reactive ketones (excluding diaryl/α,β-unsaturated/α-hetero) is 1. The second-order valence-electron chi connectivity index (χ2n) is 5.28. The van der Waals surface area contributed by atoms with Gasteiger partial charge in [-0.2, -0.15) is 0 Å². The number of nitrogens with zero attached hydrogens (tertiary/aromatic N) is 1. The number of hydrogen-bond acceptors (Lipinski definition) is 3. The Bertz CT molecular complexity index is 496. The molecule has 2 fully saturated rings. The minimum absolute atomic E-state index is 0.190. The number of alkyl halides is 3. The van der Waals surface area contributed by atoms with E-state index in [4.69, 9.17) is 0 Å². The lowest BCUT2D eigenvalue weighted by molar-refractivity contribution is -0.274. The number of carbonyl (C=O) groups excluding carboxylic acids is 1. The first kappa shape index (κ1) is 13.3. The number of rotatable bonds is 2. The highest BCUT2D eigenvalue weighted by molar-refractivity contribution is 5.83. The Balaban J connectivity index is 1.77. The summed E-state index contributed by atoms with van der Waals surface area (Å²) in [6.45, 7) is 0. The molecule has 2 unspecified atom stereocenters. The van der Waals surface area contributed by atoms with Crippen LogP contribution in [-0.4, -0.2) is 24.2 Å². The summed E-state index contributed by atoms with van der Waals surface area (Å²) >= 11 is 0. The van der Waals surface area contributed by atoms with Crippen LogP contribution in [0.15, 0.2) is 24.3 Å². The first-order valence-electron chi connectivity index (χ1n) is 6.58. The fraction of sp³-hybridized carbons (Fsp3) is 0.500. The van der Waals surface area contributed by atoms with Crippen LogP contribution in [0.5, 0.6) is 5.75 Å². The highest BCUT2D eigenvalue weighted by atomic mass is 19.4. The van der Waals surface area contributed by atoms with Gasteiger partial charge in [0, 0.05) is 30.6 Å². The van der Waals surface area contributed by atoms with E-state index >= 15 is 0 Å². The predicted octanol–water partition coefficient (Wildman–Crippen LogP) is 3.29. The molecule has 0 spiro atoms. The zero-order valence-corrected chi connectivity index (χ0v) is 10.7. The van der Waals surface area contributed by atoms with Crippen molar-refractivity contribution >= 4 is 11.5 Å².